The fourth-order valence-corrected chi connectivity index (χ4v) is 1.74. The molecule has 0 radical (unpaired) electrons. The van der Waals surface area contributed by atoms with Gasteiger partial charge in [-0.3, -0.25) is 0 Å². The van der Waals surface area contributed by atoms with Crippen molar-refractivity contribution >= 4 is 17.1 Å². The number of nitrogen functional groups attached to an aromatic ring is 1. The van der Waals surface area contributed by atoms with E-state index in [-0.39, 0.29) is 0 Å². The van der Waals surface area contributed by atoms with E-state index in [1.54, 1.807) is 10.6 Å². The van der Waals surface area contributed by atoms with Gasteiger partial charge < -0.3 is 10.3 Å². The van der Waals surface area contributed by atoms with E-state index in [0.29, 0.717) is 17.5 Å². The van der Waals surface area contributed by atoms with E-state index in [9.17, 15) is 0 Å². The van der Waals surface area contributed by atoms with Gasteiger partial charge in [-0.25, -0.2) is 14.5 Å². The Hall–Kier alpha value is -2.37. The topological polar surface area (TPSA) is 82.8 Å². The fourth-order valence-electron chi connectivity index (χ4n) is 1.74. The Kier molecular flexibility index (Phi) is 1.91. The third-order valence-corrected chi connectivity index (χ3v) is 2.51. The predicted molar refractivity (Wildman–Crippen MR) is 62.8 cm³/mol. The van der Waals surface area contributed by atoms with Crippen LogP contribution >= 0.6 is 0 Å². The summed E-state index contributed by atoms with van der Waals surface area (Å²) in [5.74, 6) is 0.870. The van der Waals surface area contributed by atoms with Crippen LogP contribution in [-0.2, 0) is 0 Å². The lowest BCUT2D eigenvalue weighted by Gasteiger charge is -1.99. The minimum Gasteiger partial charge on any atom is -0.369 e. The summed E-state index contributed by atoms with van der Waals surface area (Å²) < 4.78 is 6.85. The number of nitrogens with two attached hydrogens (primary N) is 1. The van der Waals surface area contributed by atoms with Crippen LogP contribution < -0.4 is 5.73 Å². The number of imidazole rings is 1. The lowest BCUT2D eigenvalue weighted by molar-refractivity contribution is 0.404. The predicted octanol–water partition coefficient (Wildman–Crippen LogP) is 1.61. The Morgan fingerprint density at radius 3 is 2.71 bits per heavy atom. The van der Waals surface area contributed by atoms with Crippen LogP contribution in [0.1, 0.15) is 11.4 Å². The van der Waals surface area contributed by atoms with E-state index in [0.717, 1.165) is 16.9 Å². The maximum atomic E-state index is 5.87. The molecule has 6 heteroatoms. The third-order valence-electron chi connectivity index (χ3n) is 2.51. The number of rotatable bonds is 1. The Labute approximate surface area is 97.1 Å². The molecular formula is C11H11N5O. The third kappa shape index (κ3) is 1.45. The molecule has 2 N–H and O–H groups in total. The number of hydrogen-bond acceptors (Lipinski definition) is 5. The molecule has 0 aliphatic rings. The van der Waals surface area contributed by atoms with Crippen molar-refractivity contribution < 1.29 is 4.52 Å². The summed E-state index contributed by atoms with van der Waals surface area (Å²) in [6.45, 7) is 3.76. The molecular weight excluding hydrogens is 218 g/mol. The van der Waals surface area contributed by atoms with Gasteiger partial charge >= 0.3 is 0 Å². The summed E-state index contributed by atoms with van der Waals surface area (Å²) in [4.78, 5) is 8.65. The number of pyridine rings is 1. The van der Waals surface area contributed by atoms with Gasteiger partial charge in [-0.15, -0.1) is 0 Å². The van der Waals surface area contributed by atoms with Gasteiger partial charge in [-0.1, -0.05) is 5.16 Å². The molecule has 0 spiro atoms. The molecule has 0 bridgehead atoms. The van der Waals surface area contributed by atoms with E-state index in [1.807, 2.05) is 26.0 Å². The zero-order valence-electron chi connectivity index (χ0n) is 9.51. The molecule has 6 nitrogen and oxygen atoms in total. The molecule has 17 heavy (non-hydrogen) atoms. The lowest BCUT2D eigenvalue weighted by atomic mass is 10.3. The summed E-state index contributed by atoms with van der Waals surface area (Å²) >= 11 is 0. The van der Waals surface area contributed by atoms with Gasteiger partial charge in [0.25, 0.3) is 0 Å². The molecule has 3 rings (SSSR count). The van der Waals surface area contributed by atoms with Crippen LogP contribution in [0.15, 0.2) is 22.7 Å². The second-order valence-corrected chi connectivity index (χ2v) is 3.91. The Balaban J connectivity index is 2.34. The molecule has 0 saturated heterocycles. The average molecular weight is 229 g/mol. The molecule has 0 aliphatic carbocycles. The second kappa shape index (κ2) is 3.31. The largest absolute Gasteiger partial charge is 0.369 e. The molecule has 86 valence electrons. The smallest absolute Gasteiger partial charge is 0.240 e. The van der Waals surface area contributed by atoms with Crippen molar-refractivity contribution in [2.24, 2.45) is 0 Å². The first-order valence-corrected chi connectivity index (χ1v) is 5.20. The molecule has 0 atom stereocenters. The van der Waals surface area contributed by atoms with Crippen LogP contribution in [0, 0.1) is 13.8 Å². The van der Waals surface area contributed by atoms with E-state index in [4.69, 9.17) is 10.3 Å². The number of aromatic nitrogens is 4. The van der Waals surface area contributed by atoms with Crippen LogP contribution in [0.4, 0.5) is 5.95 Å². The van der Waals surface area contributed by atoms with Gasteiger partial charge in [-0.05, 0) is 26.0 Å². The SMILES string of the molecule is Cc1cc(-n2c(N)nc3ccc(C)nc32)on1. The van der Waals surface area contributed by atoms with Gasteiger partial charge in [0.05, 0.1) is 5.69 Å². The van der Waals surface area contributed by atoms with Crippen LogP contribution in [0.3, 0.4) is 0 Å². The lowest BCUT2D eigenvalue weighted by Crippen LogP contribution is -2.00. The summed E-state index contributed by atoms with van der Waals surface area (Å²) in [5, 5.41) is 3.84. The molecule has 0 unspecified atom stereocenters. The summed E-state index contributed by atoms with van der Waals surface area (Å²) in [5.41, 5.74) is 8.97. The van der Waals surface area contributed by atoms with Crippen LogP contribution in [0.2, 0.25) is 0 Å². The number of anilines is 1. The fraction of sp³-hybridized carbons (Fsp3) is 0.182. The van der Waals surface area contributed by atoms with Crippen LogP contribution in [-0.4, -0.2) is 19.7 Å². The maximum absolute atomic E-state index is 5.87. The normalized spacial score (nSPS) is 11.2. The first-order valence-electron chi connectivity index (χ1n) is 5.20. The second-order valence-electron chi connectivity index (χ2n) is 3.91. The highest BCUT2D eigenvalue weighted by molar-refractivity contribution is 5.76. The van der Waals surface area contributed by atoms with Crippen molar-refractivity contribution in [3.8, 4) is 5.88 Å². The maximum Gasteiger partial charge on any atom is 0.240 e. The highest BCUT2D eigenvalue weighted by Crippen LogP contribution is 2.22. The number of fused-ring (bicyclic) bond motifs is 1. The van der Waals surface area contributed by atoms with Gasteiger partial charge in [0.2, 0.25) is 11.8 Å². The molecule has 3 heterocycles. The highest BCUT2D eigenvalue weighted by Gasteiger charge is 2.14. The van der Waals surface area contributed by atoms with Crippen LogP contribution in [0.25, 0.3) is 17.0 Å². The van der Waals surface area contributed by atoms with Gasteiger partial charge in [0, 0.05) is 11.8 Å². The molecule has 0 aromatic carbocycles. The molecule has 0 amide bonds. The summed E-state index contributed by atoms with van der Waals surface area (Å²) in [6.07, 6.45) is 0. The minimum atomic E-state index is 0.342. The number of aryl methyl sites for hydroxylation is 2. The van der Waals surface area contributed by atoms with E-state index < -0.39 is 0 Å². The van der Waals surface area contributed by atoms with Gasteiger partial charge in [-0.2, -0.15) is 0 Å². The van der Waals surface area contributed by atoms with E-state index in [2.05, 4.69) is 15.1 Å². The monoisotopic (exact) mass is 229 g/mol. The average Bonchev–Trinajstić information content (AvgIpc) is 2.81. The number of nitrogens with zero attached hydrogens (tertiary/aromatic N) is 4. The van der Waals surface area contributed by atoms with E-state index in [1.165, 1.54) is 0 Å². The van der Waals surface area contributed by atoms with E-state index >= 15 is 0 Å². The molecule has 0 aliphatic heterocycles. The molecule has 3 aromatic rings. The van der Waals surface area contributed by atoms with Crippen molar-refractivity contribution in [3.63, 3.8) is 0 Å². The molecule has 3 aromatic heterocycles. The van der Waals surface area contributed by atoms with Gasteiger partial charge in [0.15, 0.2) is 5.65 Å². The van der Waals surface area contributed by atoms with Crippen molar-refractivity contribution in [3.05, 3.63) is 29.6 Å². The summed E-state index contributed by atoms with van der Waals surface area (Å²) in [6, 6.07) is 5.57. The first-order chi connectivity index (χ1) is 8.15. The Morgan fingerprint density at radius 2 is 2.00 bits per heavy atom. The number of hydrogen-bond donors (Lipinski definition) is 1. The van der Waals surface area contributed by atoms with Crippen molar-refractivity contribution in [1.29, 1.82) is 0 Å². The minimum absolute atomic E-state index is 0.342. The molecule has 0 saturated carbocycles. The summed E-state index contributed by atoms with van der Waals surface area (Å²) in [7, 11) is 0. The quantitative estimate of drug-likeness (QED) is 0.685. The molecule has 0 fully saturated rings. The zero-order valence-corrected chi connectivity index (χ0v) is 9.51. The van der Waals surface area contributed by atoms with Crippen LogP contribution in [0.5, 0.6) is 0 Å². The van der Waals surface area contributed by atoms with Gasteiger partial charge in [0.1, 0.15) is 5.52 Å². The van der Waals surface area contributed by atoms with Crippen molar-refractivity contribution in [2.45, 2.75) is 13.8 Å². The first kappa shape index (κ1) is 9.83. The standard InChI is InChI=1S/C11H11N5O/c1-6-3-4-8-10(13-6)16(11(12)14-8)9-5-7(2)15-17-9/h3-5H,1-2H3,(H2,12,14). The highest BCUT2D eigenvalue weighted by atomic mass is 16.5. The Morgan fingerprint density at radius 1 is 1.18 bits per heavy atom. The van der Waals surface area contributed by atoms with Crippen molar-refractivity contribution in [2.75, 3.05) is 5.73 Å². The Bertz CT molecular complexity index is 697. The van der Waals surface area contributed by atoms with Crippen molar-refractivity contribution in [1.82, 2.24) is 19.7 Å². The zero-order chi connectivity index (χ0) is 12.0.